The topological polar surface area (TPSA) is 21.3 Å². The van der Waals surface area contributed by atoms with Crippen LogP contribution in [0.2, 0.25) is 0 Å². The summed E-state index contributed by atoms with van der Waals surface area (Å²) >= 11 is 0. The molecule has 0 aliphatic carbocycles. The Hall–Kier alpha value is -1.94. The summed E-state index contributed by atoms with van der Waals surface area (Å²) in [5, 5.41) is 3.36. The molecular formula is C17H19F2NO. The van der Waals surface area contributed by atoms with Gasteiger partial charge < -0.3 is 10.1 Å². The van der Waals surface area contributed by atoms with E-state index in [2.05, 4.69) is 5.32 Å². The summed E-state index contributed by atoms with van der Waals surface area (Å²) in [5.74, 6) is -0.857. The molecule has 0 fully saturated rings. The van der Waals surface area contributed by atoms with Crippen LogP contribution in [-0.4, -0.2) is 7.11 Å². The average Bonchev–Trinajstić information content (AvgIpc) is 2.49. The number of halogens is 2. The molecule has 2 atom stereocenters. The van der Waals surface area contributed by atoms with Crippen molar-refractivity contribution >= 4 is 0 Å². The van der Waals surface area contributed by atoms with Crippen molar-refractivity contribution < 1.29 is 13.5 Å². The first-order valence-electron chi connectivity index (χ1n) is 6.87. The van der Waals surface area contributed by atoms with Crippen molar-refractivity contribution in [1.29, 1.82) is 0 Å². The van der Waals surface area contributed by atoms with Crippen LogP contribution >= 0.6 is 0 Å². The Balaban J connectivity index is 2.14. The predicted octanol–water partition coefficient (Wildman–Crippen LogP) is 4.39. The highest BCUT2D eigenvalue weighted by atomic mass is 19.2. The van der Waals surface area contributed by atoms with E-state index in [1.165, 1.54) is 6.07 Å². The number of methoxy groups -OCH3 is 1. The summed E-state index contributed by atoms with van der Waals surface area (Å²) in [6.07, 6.45) is 0. The molecule has 0 saturated heterocycles. The molecule has 2 aromatic rings. The van der Waals surface area contributed by atoms with Gasteiger partial charge in [-0.25, -0.2) is 8.78 Å². The SMILES string of the molecule is COc1ccccc1[C@@H](C)NC(C)c1ccc(F)c(F)c1. The van der Waals surface area contributed by atoms with Crippen LogP contribution in [0.1, 0.15) is 37.1 Å². The Morgan fingerprint density at radius 3 is 2.33 bits per heavy atom. The van der Waals surface area contributed by atoms with Gasteiger partial charge in [0.25, 0.3) is 0 Å². The maximum atomic E-state index is 13.3. The number of para-hydroxylation sites is 1. The van der Waals surface area contributed by atoms with Gasteiger partial charge in [0.05, 0.1) is 7.11 Å². The van der Waals surface area contributed by atoms with Gasteiger partial charge in [-0.2, -0.15) is 0 Å². The van der Waals surface area contributed by atoms with Gasteiger partial charge in [0.1, 0.15) is 5.75 Å². The smallest absolute Gasteiger partial charge is 0.159 e. The number of rotatable bonds is 5. The van der Waals surface area contributed by atoms with Gasteiger partial charge in [0.2, 0.25) is 0 Å². The molecule has 0 radical (unpaired) electrons. The maximum Gasteiger partial charge on any atom is 0.159 e. The first-order valence-corrected chi connectivity index (χ1v) is 6.87. The van der Waals surface area contributed by atoms with Gasteiger partial charge in [0.15, 0.2) is 11.6 Å². The van der Waals surface area contributed by atoms with Crippen LogP contribution in [0.3, 0.4) is 0 Å². The molecule has 4 heteroatoms. The molecule has 0 amide bonds. The van der Waals surface area contributed by atoms with E-state index >= 15 is 0 Å². The number of ether oxygens (including phenoxy) is 1. The van der Waals surface area contributed by atoms with Crippen molar-refractivity contribution in [2.75, 3.05) is 7.11 Å². The van der Waals surface area contributed by atoms with Gasteiger partial charge in [-0.1, -0.05) is 24.3 Å². The monoisotopic (exact) mass is 291 g/mol. The molecule has 21 heavy (non-hydrogen) atoms. The molecule has 0 aliphatic heterocycles. The van der Waals surface area contributed by atoms with Gasteiger partial charge in [-0.3, -0.25) is 0 Å². The van der Waals surface area contributed by atoms with Gasteiger partial charge >= 0.3 is 0 Å². The van der Waals surface area contributed by atoms with Crippen LogP contribution in [0.15, 0.2) is 42.5 Å². The Labute approximate surface area is 123 Å². The van der Waals surface area contributed by atoms with Crippen molar-refractivity contribution in [3.05, 3.63) is 65.2 Å². The third kappa shape index (κ3) is 3.58. The largest absolute Gasteiger partial charge is 0.496 e. The number of benzene rings is 2. The van der Waals surface area contributed by atoms with Crippen molar-refractivity contribution in [3.8, 4) is 5.75 Å². The zero-order valence-corrected chi connectivity index (χ0v) is 12.4. The third-order valence-electron chi connectivity index (χ3n) is 3.55. The van der Waals surface area contributed by atoms with E-state index in [0.29, 0.717) is 5.56 Å². The van der Waals surface area contributed by atoms with Crippen molar-refractivity contribution in [1.82, 2.24) is 5.32 Å². The maximum absolute atomic E-state index is 13.3. The minimum atomic E-state index is -0.830. The normalized spacial score (nSPS) is 13.8. The lowest BCUT2D eigenvalue weighted by Gasteiger charge is -2.22. The second kappa shape index (κ2) is 6.68. The second-order valence-electron chi connectivity index (χ2n) is 5.03. The summed E-state index contributed by atoms with van der Waals surface area (Å²) in [6.45, 7) is 3.92. The Morgan fingerprint density at radius 1 is 0.952 bits per heavy atom. The number of hydrogen-bond acceptors (Lipinski definition) is 2. The van der Waals surface area contributed by atoms with Crippen LogP contribution in [0.5, 0.6) is 5.75 Å². The van der Waals surface area contributed by atoms with Gasteiger partial charge in [-0.05, 0) is 37.6 Å². The quantitative estimate of drug-likeness (QED) is 0.882. The Morgan fingerprint density at radius 2 is 1.67 bits per heavy atom. The minimum absolute atomic E-state index is 0.0178. The van der Waals surface area contributed by atoms with Crippen LogP contribution in [0.25, 0.3) is 0 Å². The molecule has 1 N–H and O–H groups in total. The molecule has 2 aromatic carbocycles. The summed E-state index contributed by atoms with van der Waals surface area (Å²) in [6, 6.07) is 11.6. The number of hydrogen-bond donors (Lipinski definition) is 1. The highest BCUT2D eigenvalue weighted by Gasteiger charge is 2.15. The molecule has 0 aliphatic rings. The standard InChI is InChI=1S/C17H19F2NO/c1-11(13-8-9-15(18)16(19)10-13)20-12(2)14-6-4-5-7-17(14)21-3/h4-12,20H,1-3H3/t11?,12-/m1/s1. The molecule has 0 spiro atoms. The van der Waals surface area contributed by atoms with E-state index < -0.39 is 11.6 Å². The van der Waals surface area contributed by atoms with E-state index in [0.717, 1.165) is 17.4 Å². The van der Waals surface area contributed by atoms with Crippen LogP contribution in [0.4, 0.5) is 8.78 Å². The zero-order chi connectivity index (χ0) is 15.4. The predicted molar refractivity (Wildman–Crippen MR) is 79.3 cm³/mol. The first kappa shape index (κ1) is 15.4. The Kier molecular flexibility index (Phi) is 4.91. The molecule has 0 heterocycles. The number of nitrogens with one attached hydrogen (secondary N) is 1. The van der Waals surface area contributed by atoms with Crippen molar-refractivity contribution in [2.24, 2.45) is 0 Å². The average molecular weight is 291 g/mol. The van der Waals surface area contributed by atoms with Crippen molar-refractivity contribution in [2.45, 2.75) is 25.9 Å². The lowest BCUT2D eigenvalue weighted by Crippen LogP contribution is -2.23. The highest BCUT2D eigenvalue weighted by Crippen LogP contribution is 2.27. The fourth-order valence-corrected chi connectivity index (χ4v) is 2.37. The summed E-state index contributed by atoms with van der Waals surface area (Å²) in [5.41, 5.74) is 1.73. The molecule has 2 rings (SSSR count). The van der Waals surface area contributed by atoms with Crippen molar-refractivity contribution in [3.63, 3.8) is 0 Å². The fraction of sp³-hybridized carbons (Fsp3) is 0.294. The molecular weight excluding hydrogens is 272 g/mol. The zero-order valence-electron chi connectivity index (χ0n) is 12.4. The molecule has 0 bridgehead atoms. The summed E-state index contributed by atoms with van der Waals surface area (Å²) in [4.78, 5) is 0. The fourth-order valence-electron chi connectivity index (χ4n) is 2.37. The van der Waals surface area contributed by atoms with E-state index in [1.807, 2.05) is 38.1 Å². The lowest BCUT2D eigenvalue weighted by molar-refractivity contribution is 0.396. The Bertz CT molecular complexity index is 615. The van der Waals surface area contributed by atoms with Crippen LogP contribution < -0.4 is 10.1 Å². The van der Waals surface area contributed by atoms with Gasteiger partial charge in [-0.15, -0.1) is 0 Å². The first-order chi connectivity index (χ1) is 10.0. The lowest BCUT2D eigenvalue weighted by atomic mass is 10.0. The van der Waals surface area contributed by atoms with E-state index in [4.69, 9.17) is 4.74 Å². The molecule has 2 nitrogen and oxygen atoms in total. The molecule has 0 saturated carbocycles. The molecule has 0 aromatic heterocycles. The summed E-state index contributed by atoms with van der Waals surface area (Å²) in [7, 11) is 1.63. The summed E-state index contributed by atoms with van der Waals surface area (Å²) < 4.78 is 31.6. The van der Waals surface area contributed by atoms with E-state index in [-0.39, 0.29) is 12.1 Å². The van der Waals surface area contributed by atoms with E-state index in [9.17, 15) is 8.78 Å². The van der Waals surface area contributed by atoms with Crippen LogP contribution in [0, 0.1) is 11.6 Å². The highest BCUT2D eigenvalue weighted by molar-refractivity contribution is 5.35. The molecule has 112 valence electrons. The molecule has 1 unspecified atom stereocenters. The second-order valence-corrected chi connectivity index (χ2v) is 5.03. The third-order valence-corrected chi connectivity index (χ3v) is 3.55. The minimum Gasteiger partial charge on any atom is -0.496 e. The van der Waals surface area contributed by atoms with Gasteiger partial charge in [0, 0.05) is 17.6 Å². The van der Waals surface area contributed by atoms with E-state index in [1.54, 1.807) is 13.2 Å². The van der Waals surface area contributed by atoms with Crippen LogP contribution in [-0.2, 0) is 0 Å².